The molecule has 0 unspecified atom stereocenters. The molecule has 0 saturated heterocycles. The van der Waals surface area contributed by atoms with Gasteiger partial charge in [0.15, 0.2) is 11.5 Å². The number of carbonyl (C=O) groups excluding carboxylic acids is 1. The zero-order valence-electron chi connectivity index (χ0n) is 21.8. The topological polar surface area (TPSA) is 104 Å². The first kappa shape index (κ1) is 26.0. The summed E-state index contributed by atoms with van der Waals surface area (Å²) in [5.41, 5.74) is 3.89. The Morgan fingerprint density at radius 1 is 1.00 bits per heavy atom. The second kappa shape index (κ2) is 12.2. The number of fused-ring (bicyclic) bond motifs is 1. The first-order chi connectivity index (χ1) is 18.0. The summed E-state index contributed by atoms with van der Waals surface area (Å²) in [5.74, 6) is 1.66. The lowest BCUT2D eigenvalue weighted by molar-refractivity contribution is 0.0947. The Kier molecular flexibility index (Phi) is 8.58. The Hall–Kier alpha value is -4.11. The van der Waals surface area contributed by atoms with Crippen LogP contribution in [-0.4, -0.2) is 66.2 Å². The number of aromatic amines is 1. The van der Waals surface area contributed by atoms with Gasteiger partial charge >= 0.3 is 0 Å². The molecule has 0 fully saturated rings. The molecule has 37 heavy (non-hydrogen) atoms. The van der Waals surface area contributed by atoms with E-state index in [1.54, 1.807) is 20.4 Å². The summed E-state index contributed by atoms with van der Waals surface area (Å²) in [4.78, 5) is 27.2. The van der Waals surface area contributed by atoms with Gasteiger partial charge in [-0.3, -0.25) is 4.79 Å². The van der Waals surface area contributed by atoms with Gasteiger partial charge in [-0.15, -0.1) is 0 Å². The number of rotatable bonds is 12. The van der Waals surface area contributed by atoms with Crippen LogP contribution in [0.2, 0.25) is 0 Å². The van der Waals surface area contributed by atoms with E-state index in [4.69, 9.17) is 9.47 Å². The van der Waals surface area contributed by atoms with Crippen LogP contribution in [-0.2, 0) is 0 Å². The summed E-state index contributed by atoms with van der Waals surface area (Å²) >= 11 is 0. The number of amides is 1. The maximum absolute atomic E-state index is 12.6. The zero-order valence-corrected chi connectivity index (χ0v) is 21.8. The number of nitrogens with zero attached hydrogens (tertiary/aromatic N) is 3. The number of H-pyrrole nitrogens is 1. The lowest BCUT2D eigenvalue weighted by Gasteiger charge is -2.17. The number of methoxy groups -OCH3 is 2. The monoisotopic (exact) mass is 502 g/mol. The van der Waals surface area contributed by atoms with E-state index in [1.807, 2.05) is 48.5 Å². The summed E-state index contributed by atoms with van der Waals surface area (Å²) in [5, 5.41) is 7.19. The van der Waals surface area contributed by atoms with Gasteiger partial charge in [-0.2, -0.15) is 0 Å². The van der Waals surface area contributed by atoms with Crippen LogP contribution in [0, 0.1) is 0 Å². The molecule has 1 amide bonds. The molecule has 2 aromatic carbocycles. The fourth-order valence-corrected chi connectivity index (χ4v) is 4.18. The molecule has 0 bridgehead atoms. The van der Waals surface area contributed by atoms with Crippen LogP contribution in [0.5, 0.6) is 11.5 Å². The smallest absolute Gasteiger partial charge is 0.267 e. The van der Waals surface area contributed by atoms with Gasteiger partial charge in [-0.25, -0.2) is 9.97 Å². The van der Waals surface area contributed by atoms with Crippen molar-refractivity contribution in [3.63, 3.8) is 0 Å². The molecule has 0 spiro atoms. The Bertz CT molecular complexity index is 1350. The zero-order chi connectivity index (χ0) is 26.2. The van der Waals surface area contributed by atoms with Gasteiger partial charge < -0.3 is 30.0 Å². The van der Waals surface area contributed by atoms with Crippen molar-refractivity contribution in [2.45, 2.75) is 20.3 Å². The molecule has 9 nitrogen and oxygen atoms in total. The van der Waals surface area contributed by atoms with Gasteiger partial charge in [0.25, 0.3) is 5.91 Å². The Balaban J connectivity index is 1.43. The lowest BCUT2D eigenvalue weighted by Crippen LogP contribution is -2.30. The van der Waals surface area contributed by atoms with Crippen molar-refractivity contribution in [3.05, 3.63) is 60.4 Å². The van der Waals surface area contributed by atoms with E-state index in [9.17, 15) is 4.79 Å². The number of benzene rings is 2. The quantitative estimate of drug-likeness (QED) is 0.238. The molecule has 194 valence electrons. The summed E-state index contributed by atoms with van der Waals surface area (Å²) in [7, 11) is 3.21. The molecule has 3 N–H and O–H groups in total. The number of ether oxygens (including phenoxy) is 2. The molecule has 0 aliphatic carbocycles. The minimum absolute atomic E-state index is 0.101. The summed E-state index contributed by atoms with van der Waals surface area (Å²) in [6.45, 7) is 7.96. The third-order valence-electron chi connectivity index (χ3n) is 6.29. The first-order valence-electron chi connectivity index (χ1n) is 12.5. The van der Waals surface area contributed by atoms with E-state index in [0.717, 1.165) is 53.9 Å². The first-order valence-corrected chi connectivity index (χ1v) is 12.5. The van der Waals surface area contributed by atoms with Crippen LogP contribution < -0.4 is 20.1 Å². The van der Waals surface area contributed by atoms with E-state index >= 15 is 0 Å². The molecule has 0 aliphatic heterocycles. The predicted molar refractivity (Wildman–Crippen MR) is 147 cm³/mol. The normalized spacial score (nSPS) is 11.1. The van der Waals surface area contributed by atoms with Crippen molar-refractivity contribution in [1.82, 2.24) is 25.2 Å². The molecule has 0 saturated carbocycles. The van der Waals surface area contributed by atoms with Crippen LogP contribution >= 0.6 is 0 Å². The Labute approximate surface area is 217 Å². The highest BCUT2D eigenvalue weighted by Crippen LogP contribution is 2.32. The van der Waals surface area contributed by atoms with Crippen molar-refractivity contribution < 1.29 is 14.3 Å². The third kappa shape index (κ3) is 6.37. The molecule has 2 aromatic heterocycles. The SMILES string of the molecule is CCN(CC)CCCNC(=O)c1cc2cc(Nc3nccc(-c4ccc(OC)c(OC)c4)n3)ccc2[nH]1. The van der Waals surface area contributed by atoms with Crippen LogP contribution in [0.15, 0.2) is 54.7 Å². The fraction of sp³-hybridized carbons (Fsp3) is 0.321. The number of aromatic nitrogens is 3. The molecular weight excluding hydrogens is 468 g/mol. The fourth-order valence-electron chi connectivity index (χ4n) is 4.18. The van der Waals surface area contributed by atoms with E-state index in [2.05, 4.69) is 44.3 Å². The summed E-state index contributed by atoms with van der Waals surface area (Å²) < 4.78 is 10.7. The van der Waals surface area contributed by atoms with Crippen molar-refractivity contribution in [2.24, 2.45) is 0 Å². The second-order valence-corrected chi connectivity index (χ2v) is 8.58. The van der Waals surface area contributed by atoms with Crippen LogP contribution in [0.4, 0.5) is 11.6 Å². The maximum atomic E-state index is 12.6. The van der Waals surface area contributed by atoms with Gasteiger partial charge in [0, 0.05) is 34.9 Å². The molecule has 0 atom stereocenters. The molecule has 0 radical (unpaired) electrons. The number of hydrogen-bond donors (Lipinski definition) is 3. The average Bonchev–Trinajstić information content (AvgIpc) is 3.36. The average molecular weight is 503 g/mol. The Morgan fingerprint density at radius 3 is 2.57 bits per heavy atom. The second-order valence-electron chi connectivity index (χ2n) is 8.58. The van der Waals surface area contributed by atoms with Gasteiger partial charge in [0.05, 0.1) is 19.9 Å². The van der Waals surface area contributed by atoms with Crippen molar-refractivity contribution in [1.29, 1.82) is 0 Å². The molecule has 9 heteroatoms. The predicted octanol–water partition coefficient (Wildman–Crippen LogP) is 4.85. The largest absolute Gasteiger partial charge is 0.493 e. The highest BCUT2D eigenvalue weighted by Gasteiger charge is 2.11. The van der Waals surface area contributed by atoms with E-state index < -0.39 is 0 Å². The third-order valence-corrected chi connectivity index (χ3v) is 6.29. The van der Waals surface area contributed by atoms with E-state index in [1.165, 1.54) is 0 Å². The number of anilines is 2. The van der Waals surface area contributed by atoms with Crippen LogP contribution in [0.1, 0.15) is 30.8 Å². The van der Waals surface area contributed by atoms with Gasteiger partial charge in [0.1, 0.15) is 5.69 Å². The Morgan fingerprint density at radius 2 is 1.81 bits per heavy atom. The highest BCUT2D eigenvalue weighted by molar-refractivity contribution is 5.98. The summed E-state index contributed by atoms with van der Waals surface area (Å²) in [6, 6.07) is 15.2. The number of carbonyl (C=O) groups is 1. The molecule has 4 aromatic rings. The maximum Gasteiger partial charge on any atom is 0.267 e. The summed E-state index contributed by atoms with van der Waals surface area (Å²) in [6.07, 6.45) is 2.63. The van der Waals surface area contributed by atoms with Crippen LogP contribution in [0.3, 0.4) is 0 Å². The molecule has 0 aliphatic rings. The van der Waals surface area contributed by atoms with Crippen molar-refractivity contribution >= 4 is 28.4 Å². The van der Waals surface area contributed by atoms with E-state index in [0.29, 0.717) is 29.7 Å². The van der Waals surface area contributed by atoms with Gasteiger partial charge in [0.2, 0.25) is 5.95 Å². The minimum Gasteiger partial charge on any atom is -0.493 e. The lowest BCUT2D eigenvalue weighted by atomic mass is 10.1. The molecular formula is C28H34N6O3. The highest BCUT2D eigenvalue weighted by atomic mass is 16.5. The number of nitrogens with one attached hydrogen (secondary N) is 3. The number of hydrogen-bond acceptors (Lipinski definition) is 7. The van der Waals surface area contributed by atoms with Crippen molar-refractivity contribution in [3.8, 4) is 22.8 Å². The molecule has 4 rings (SSSR count). The van der Waals surface area contributed by atoms with Crippen molar-refractivity contribution in [2.75, 3.05) is 45.7 Å². The van der Waals surface area contributed by atoms with E-state index in [-0.39, 0.29) is 5.91 Å². The van der Waals surface area contributed by atoms with Gasteiger partial charge in [-0.05, 0) is 74.6 Å². The molecule has 2 heterocycles. The van der Waals surface area contributed by atoms with Crippen LogP contribution in [0.25, 0.3) is 22.2 Å². The minimum atomic E-state index is -0.101. The standard InChI is InChI=1S/C28H34N6O3/c1-5-34(6-2)15-7-13-29-27(35)24-17-20-16-21(9-10-22(20)32-24)31-28-30-14-12-23(33-28)19-8-11-25(36-3)26(18-19)37-4/h8-12,14,16-18,32H,5-7,13,15H2,1-4H3,(H,29,35)(H,30,31,33). The van der Waals surface area contributed by atoms with Gasteiger partial charge in [-0.1, -0.05) is 13.8 Å².